The van der Waals surface area contributed by atoms with Crippen LogP contribution in [0.2, 0.25) is 0 Å². The van der Waals surface area contributed by atoms with Crippen LogP contribution in [0.1, 0.15) is 54.2 Å². The topological polar surface area (TPSA) is 73.0 Å². The Bertz CT molecular complexity index is 1010. The van der Waals surface area contributed by atoms with E-state index in [2.05, 4.69) is 52.6 Å². The number of hydrogen-bond donors (Lipinski definition) is 3. The predicted molar refractivity (Wildman–Crippen MR) is 126 cm³/mol. The lowest BCUT2D eigenvalue weighted by atomic mass is 9.89. The standard InChI is InChI=1S/C25H33N5O/c1-4-30(25(31)24-15-23-22(29-24)9-6-12-27-23)20-8-5-7-19(14-20)28-16-18-10-11-21(26-3)17(2)13-18/h6,9-13,15,19-20,26,28-29H,4-5,7-8,14,16H2,1-3H3. The third-order valence-corrected chi connectivity index (χ3v) is 6.46. The number of nitrogens with zero attached hydrogens (tertiary/aromatic N) is 2. The number of carbonyl (C=O) groups is 1. The second-order valence-electron chi connectivity index (χ2n) is 8.51. The van der Waals surface area contributed by atoms with Crippen molar-refractivity contribution in [1.29, 1.82) is 0 Å². The molecule has 0 aliphatic heterocycles. The highest BCUT2D eigenvalue weighted by Gasteiger charge is 2.30. The molecular weight excluding hydrogens is 386 g/mol. The Labute approximate surface area is 184 Å². The van der Waals surface area contributed by atoms with E-state index >= 15 is 0 Å². The number of fused-ring (bicyclic) bond motifs is 1. The number of amides is 1. The first kappa shape index (κ1) is 21.4. The summed E-state index contributed by atoms with van der Waals surface area (Å²) < 4.78 is 0. The number of aryl methyl sites for hydroxylation is 1. The summed E-state index contributed by atoms with van der Waals surface area (Å²) in [6.07, 6.45) is 6.11. The SMILES string of the molecule is CCN(C(=O)c1cc2ncccc2[nH]1)C1CCCC(NCc2ccc(NC)c(C)c2)C1. The first-order chi connectivity index (χ1) is 15.1. The van der Waals surface area contributed by atoms with Gasteiger partial charge in [-0.1, -0.05) is 12.1 Å². The number of aromatic nitrogens is 2. The summed E-state index contributed by atoms with van der Waals surface area (Å²) in [7, 11) is 1.95. The molecule has 3 aromatic rings. The van der Waals surface area contributed by atoms with Gasteiger partial charge in [-0.2, -0.15) is 0 Å². The van der Waals surface area contributed by atoms with Crippen molar-refractivity contribution in [2.24, 2.45) is 0 Å². The highest BCUT2D eigenvalue weighted by atomic mass is 16.2. The highest BCUT2D eigenvalue weighted by Crippen LogP contribution is 2.26. The summed E-state index contributed by atoms with van der Waals surface area (Å²) in [5.41, 5.74) is 6.11. The Balaban J connectivity index is 1.40. The molecule has 2 heterocycles. The quantitative estimate of drug-likeness (QED) is 0.528. The van der Waals surface area contributed by atoms with Crippen molar-refractivity contribution in [2.45, 2.75) is 58.2 Å². The Hall–Kier alpha value is -2.86. The third-order valence-electron chi connectivity index (χ3n) is 6.46. The molecule has 0 saturated heterocycles. The summed E-state index contributed by atoms with van der Waals surface area (Å²) in [6.45, 7) is 5.78. The van der Waals surface area contributed by atoms with Gasteiger partial charge in [-0.25, -0.2) is 0 Å². The van der Waals surface area contributed by atoms with Crippen LogP contribution in [0.15, 0.2) is 42.6 Å². The van der Waals surface area contributed by atoms with Crippen LogP contribution in [-0.2, 0) is 6.54 Å². The first-order valence-corrected chi connectivity index (χ1v) is 11.3. The molecule has 6 heteroatoms. The number of carbonyl (C=O) groups excluding carboxylic acids is 1. The molecule has 164 valence electrons. The lowest BCUT2D eigenvalue weighted by Crippen LogP contribution is -2.46. The van der Waals surface area contributed by atoms with Gasteiger partial charge in [0.2, 0.25) is 0 Å². The van der Waals surface area contributed by atoms with E-state index in [9.17, 15) is 4.79 Å². The predicted octanol–water partition coefficient (Wildman–Crippen LogP) is 4.48. The third kappa shape index (κ3) is 4.74. The summed E-state index contributed by atoms with van der Waals surface area (Å²) in [6, 6.07) is 13.0. The van der Waals surface area contributed by atoms with Crippen molar-refractivity contribution in [3.05, 3.63) is 59.4 Å². The van der Waals surface area contributed by atoms with Gasteiger partial charge in [-0.15, -0.1) is 0 Å². The van der Waals surface area contributed by atoms with Crippen LogP contribution in [0.5, 0.6) is 0 Å². The number of hydrogen-bond acceptors (Lipinski definition) is 4. The molecule has 1 amide bonds. The van der Waals surface area contributed by atoms with Crippen LogP contribution < -0.4 is 10.6 Å². The molecule has 3 N–H and O–H groups in total. The maximum atomic E-state index is 13.3. The average molecular weight is 420 g/mol. The molecule has 31 heavy (non-hydrogen) atoms. The molecule has 6 nitrogen and oxygen atoms in total. The molecule has 1 aliphatic rings. The van der Waals surface area contributed by atoms with Crippen LogP contribution in [0, 0.1) is 6.92 Å². The van der Waals surface area contributed by atoms with Crippen LogP contribution in [-0.4, -0.2) is 46.5 Å². The fraction of sp³-hybridized carbons (Fsp3) is 0.440. The fourth-order valence-corrected chi connectivity index (χ4v) is 4.80. The average Bonchev–Trinajstić information content (AvgIpc) is 3.23. The number of aromatic amines is 1. The van der Waals surface area contributed by atoms with E-state index in [-0.39, 0.29) is 11.9 Å². The largest absolute Gasteiger partial charge is 0.388 e. The number of pyridine rings is 1. The van der Waals surface area contributed by atoms with Crippen molar-refractivity contribution < 1.29 is 4.79 Å². The summed E-state index contributed by atoms with van der Waals surface area (Å²) in [5.74, 6) is 0.0735. The van der Waals surface area contributed by atoms with Gasteiger partial charge in [0, 0.05) is 44.1 Å². The molecule has 1 aliphatic carbocycles. The minimum absolute atomic E-state index is 0.0735. The number of benzene rings is 1. The van der Waals surface area contributed by atoms with Crippen LogP contribution in [0.4, 0.5) is 5.69 Å². The number of nitrogens with one attached hydrogen (secondary N) is 3. The van der Waals surface area contributed by atoms with E-state index in [0.717, 1.165) is 43.3 Å². The zero-order valence-corrected chi connectivity index (χ0v) is 18.7. The second-order valence-corrected chi connectivity index (χ2v) is 8.51. The van der Waals surface area contributed by atoms with Gasteiger partial charge < -0.3 is 20.5 Å². The van der Waals surface area contributed by atoms with Crippen LogP contribution in [0.25, 0.3) is 11.0 Å². The normalized spacial score (nSPS) is 18.8. The Morgan fingerprint density at radius 1 is 1.26 bits per heavy atom. The molecule has 2 atom stereocenters. The van der Waals surface area contributed by atoms with Gasteiger partial charge in [0.05, 0.1) is 11.0 Å². The second kappa shape index (κ2) is 9.52. The minimum atomic E-state index is 0.0735. The molecule has 1 aromatic carbocycles. The van der Waals surface area contributed by atoms with Crippen LogP contribution >= 0.6 is 0 Å². The Morgan fingerprint density at radius 2 is 2.13 bits per heavy atom. The van der Waals surface area contributed by atoms with Gasteiger partial charge in [0.15, 0.2) is 0 Å². The molecule has 4 rings (SSSR count). The van der Waals surface area contributed by atoms with E-state index in [1.165, 1.54) is 16.8 Å². The number of rotatable bonds is 7. The monoisotopic (exact) mass is 419 g/mol. The van der Waals surface area contributed by atoms with Crippen molar-refractivity contribution in [2.75, 3.05) is 18.9 Å². The fourth-order valence-electron chi connectivity index (χ4n) is 4.80. The van der Waals surface area contributed by atoms with Gasteiger partial charge in [0.25, 0.3) is 5.91 Å². The molecule has 0 bridgehead atoms. The smallest absolute Gasteiger partial charge is 0.270 e. The van der Waals surface area contributed by atoms with E-state index in [4.69, 9.17) is 0 Å². The zero-order chi connectivity index (χ0) is 21.8. The molecule has 2 aromatic heterocycles. The molecule has 0 radical (unpaired) electrons. The zero-order valence-electron chi connectivity index (χ0n) is 18.7. The van der Waals surface area contributed by atoms with Gasteiger partial charge >= 0.3 is 0 Å². The van der Waals surface area contributed by atoms with Gasteiger partial charge in [0.1, 0.15) is 5.69 Å². The van der Waals surface area contributed by atoms with E-state index in [1.54, 1.807) is 6.20 Å². The molecular formula is C25H33N5O. The Morgan fingerprint density at radius 3 is 2.87 bits per heavy atom. The molecule has 1 saturated carbocycles. The molecule has 2 unspecified atom stereocenters. The molecule has 0 spiro atoms. The van der Waals surface area contributed by atoms with Crippen molar-refractivity contribution in [3.8, 4) is 0 Å². The van der Waals surface area contributed by atoms with E-state index in [0.29, 0.717) is 18.3 Å². The number of anilines is 1. The first-order valence-electron chi connectivity index (χ1n) is 11.3. The Kier molecular flexibility index (Phi) is 6.56. The summed E-state index contributed by atoms with van der Waals surface area (Å²) in [5, 5.41) is 6.96. The highest BCUT2D eigenvalue weighted by molar-refractivity contribution is 5.97. The summed E-state index contributed by atoms with van der Waals surface area (Å²) in [4.78, 5) is 22.9. The van der Waals surface area contributed by atoms with Gasteiger partial charge in [-0.05, 0) is 74.9 Å². The minimum Gasteiger partial charge on any atom is -0.388 e. The van der Waals surface area contributed by atoms with E-state index in [1.807, 2.05) is 30.1 Å². The van der Waals surface area contributed by atoms with Crippen molar-refractivity contribution >= 4 is 22.6 Å². The van der Waals surface area contributed by atoms with Gasteiger partial charge in [-0.3, -0.25) is 9.78 Å². The van der Waals surface area contributed by atoms with Crippen LogP contribution in [0.3, 0.4) is 0 Å². The molecule has 1 fully saturated rings. The van der Waals surface area contributed by atoms with Crippen molar-refractivity contribution in [3.63, 3.8) is 0 Å². The maximum absolute atomic E-state index is 13.3. The summed E-state index contributed by atoms with van der Waals surface area (Å²) >= 11 is 0. The van der Waals surface area contributed by atoms with E-state index < -0.39 is 0 Å². The lowest BCUT2D eigenvalue weighted by molar-refractivity contribution is 0.0623. The van der Waals surface area contributed by atoms with Crippen molar-refractivity contribution in [1.82, 2.24) is 20.2 Å². The maximum Gasteiger partial charge on any atom is 0.270 e. The number of H-pyrrole nitrogens is 1. The lowest BCUT2D eigenvalue weighted by Gasteiger charge is -2.37.